The Morgan fingerprint density at radius 2 is 2.31 bits per heavy atom. The normalized spacial score (nSPS) is 27.0. The third-order valence-corrected chi connectivity index (χ3v) is 4.02. The van der Waals surface area contributed by atoms with Gasteiger partial charge in [-0.3, -0.25) is 0 Å². The van der Waals surface area contributed by atoms with Crippen molar-refractivity contribution in [3.8, 4) is 0 Å². The quantitative estimate of drug-likeness (QED) is 0.718. The number of thioether (sulfide) groups is 1. The number of aliphatic hydroxyl groups is 1. The van der Waals surface area contributed by atoms with Crippen molar-refractivity contribution in [2.24, 2.45) is 5.73 Å². The maximum absolute atomic E-state index is 9.57. The molecule has 2 nitrogen and oxygen atoms in total. The molecule has 0 aromatic heterocycles. The first-order chi connectivity index (χ1) is 6.18. The molecule has 0 amide bonds. The van der Waals surface area contributed by atoms with Crippen LogP contribution in [-0.4, -0.2) is 17.0 Å². The van der Waals surface area contributed by atoms with E-state index in [4.69, 9.17) is 5.73 Å². The van der Waals surface area contributed by atoms with Crippen LogP contribution < -0.4 is 5.73 Å². The molecule has 0 spiro atoms. The average molecular weight is 307 g/mol. The van der Waals surface area contributed by atoms with Gasteiger partial charge in [0.15, 0.2) is 0 Å². The van der Waals surface area contributed by atoms with Crippen LogP contribution in [0.15, 0.2) is 23.1 Å². The van der Waals surface area contributed by atoms with Crippen LogP contribution in [0.25, 0.3) is 0 Å². The number of benzene rings is 1. The first kappa shape index (κ1) is 9.76. The molecule has 0 saturated heterocycles. The molecule has 0 aliphatic carbocycles. The molecule has 70 valence electrons. The van der Waals surface area contributed by atoms with Gasteiger partial charge in [-0.25, -0.2) is 0 Å². The van der Waals surface area contributed by atoms with Gasteiger partial charge >= 0.3 is 0 Å². The zero-order valence-electron chi connectivity index (χ0n) is 6.90. The molecule has 2 atom stereocenters. The van der Waals surface area contributed by atoms with Gasteiger partial charge in [0.05, 0.1) is 12.1 Å². The summed E-state index contributed by atoms with van der Waals surface area (Å²) in [7, 11) is 0. The fraction of sp³-hybridized carbons (Fsp3) is 0.333. The minimum atomic E-state index is -0.407. The van der Waals surface area contributed by atoms with Gasteiger partial charge in [0.2, 0.25) is 0 Å². The van der Waals surface area contributed by atoms with E-state index in [1.54, 1.807) is 11.8 Å². The number of hydrogen-bond donors (Lipinski definition) is 2. The minimum absolute atomic E-state index is 0.217. The second-order valence-electron chi connectivity index (χ2n) is 3.09. The molecular weight excluding hydrogens is 297 g/mol. The van der Waals surface area contributed by atoms with E-state index in [9.17, 15) is 5.11 Å². The van der Waals surface area contributed by atoms with E-state index in [0.29, 0.717) is 5.75 Å². The number of fused-ring (bicyclic) bond motifs is 1. The Morgan fingerprint density at radius 3 is 3.08 bits per heavy atom. The summed E-state index contributed by atoms with van der Waals surface area (Å²) in [6.45, 7) is 0. The second-order valence-corrected chi connectivity index (χ2v) is 5.39. The summed E-state index contributed by atoms with van der Waals surface area (Å²) in [6, 6.07) is 5.98. The number of aliphatic hydroxyl groups excluding tert-OH is 1. The lowest BCUT2D eigenvalue weighted by molar-refractivity contribution is 0.165. The van der Waals surface area contributed by atoms with Crippen LogP contribution in [0.5, 0.6) is 0 Å². The number of halogens is 1. The summed E-state index contributed by atoms with van der Waals surface area (Å²) in [6.07, 6.45) is -0.407. The highest BCUT2D eigenvalue weighted by atomic mass is 127. The van der Waals surface area contributed by atoms with Gasteiger partial charge in [-0.2, -0.15) is 0 Å². The highest BCUT2D eigenvalue weighted by molar-refractivity contribution is 14.1. The molecule has 2 rings (SSSR count). The summed E-state index contributed by atoms with van der Waals surface area (Å²) in [5.74, 6) is 0.703. The smallest absolute Gasteiger partial charge is 0.0826 e. The fourth-order valence-electron chi connectivity index (χ4n) is 1.40. The maximum Gasteiger partial charge on any atom is 0.0826 e. The van der Waals surface area contributed by atoms with Crippen LogP contribution in [0.1, 0.15) is 11.6 Å². The molecule has 1 aliphatic rings. The van der Waals surface area contributed by atoms with Crippen LogP contribution >= 0.6 is 34.4 Å². The number of hydrogen-bond acceptors (Lipinski definition) is 3. The molecule has 1 aromatic rings. The second kappa shape index (κ2) is 3.76. The predicted octanol–water partition coefficient (Wildman–Crippen LogP) is 1.76. The zero-order chi connectivity index (χ0) is 9.42. The van der Waals surface area contributed by atoms with Crippen LogP contribution in [0.4, 0.5) is 0 Å². The van der Waals surface area contributed by atoms with Gasteiger partial charge in [-0.1, -0.05) is 0 Å². The molecule has 1 heterocycles. The SMILES string of the molecule is NC1c2cc(I)ccc2SCC1O. The summed E-state index contributed by atoms with van der Waals surface area (Å²) in [5.41, 5.74) is 6.97. The van der Waals surface area contributed by atoms with Gasteiger partial charge < -0.3 is 10.8 Å². The Balaban J connectivity index is 2.45. The van der Waals surface area contributed by atoms with Crippen molar-refractivity contribution in [2.75, 3.05) is 5.75 Å². The summed E-state index contributed by atoms with van der Waals surface area (Å²) in [5, 5.41) is 9.57. The van der Waals surface area contributed by atoms with Gasteiger partial charge in [0.1, 0.15) is 0 Å². The van der Waals surface area contributed by atoms with Crippen molar-refractivity contribution in [1.82, 2.24) is 0 Å². The molecule has 1 aromatic carbocycles. The van der Waals surface area contributed by atoms with Crippen molar-refractivity contribution in [3.63, 3.8) is 0 Å². The largest absolute Gasteiger partial charge is 0.390 e. The van der Waals surface area contributed by atoms with E-state index in [1.807, 2.05) is 0 Å². The molecule has 0 radical (unpaired) electrons. The van der Waals surface area contributed by atoms with Crippen molar-refractivity contribution in [1.29, 1.82) is 0 Å². The lowest BCUT2D eigenvalue weighted by atomic mass is 10.0. The molecule has 2 unspecified atom stereocenters. The lowest BCUT2D eigenvalue weighted by Gasteiger charge is -2.26. The lowest BCUT2D eigenvalue weighted by Crippen LogP contribution is -2.31. The van der Waals surface area contributed by atoms with E-state index >= 15 is 0 Å². The van der Waals surface area contributed by atoms with Crippen LogP contribution in [0, 0.1) is 3.57 Å². The Hall–Kier alpha value is 0.220. The Kier molecular flexibility index (Phi) is 2.83. The predicted molar refractivity (Wildman–Crippen MR) is 62.8 cm³/mol. The first-order valence-corrected chi connectivity index (χ1v) is 6.11. The van der Waals surface area contributed by atoms with Crippen molar-refractivity contribution >= 4 is 34.4 Å². The van der Waals surface area contributed by atoms with E-state index < -0.39 is 6.10 Å². The molecular formula is C9H10INOS. The molecule has 0 saturated carbocycles. The summed E-state index contributed by atoms with van der Waals surface area (Å²) in [4.78, 5) is 1.21. The average Bonchev–Trinajstić information content (AvgIpc) is 2.12. The summed E-state index contributed by atoms with van der Waals surface area (Å²) >= 11 is 3.93. The Morgan fingerprint density at radius 1 is 1.54 bits per heavy atom. The molecule has 1 aliphatic heterocycles. The highest BCUT2D eigenvalue weighted by Gasteiger charge is 2.25. The van der Waals surface area contributed by atoms with Crippen LogP contribution in [-0.2, 0) is 0 Å². The third kappa shape index (κ3) is 1.86. The topological polar surface area (TPSA) is 46.2 Å². The van der Waals surface area contributed by atoms with Crippen molar-refractivity contribution in [3.05, 3.63) is 27.3 Å². The third-order valence-electron chi connectivity index (χ3n) is 2.16. The number of nitrogens with two attached hydrogens (primary N) is 1. The summed E-state index contributed by atoms with van der Waals surface area (Å²) < 4.78 is 1.17. The standard InChI is InChI=1S/C9H10INOS/c10-5-1-2-8-6(3-5)9(11)7(12)4-13-8/h1-3,7,9,12H,4,11H2. The Bertz CT molecular complexity index is 331. The molecule has 0 bridgehead atoms. The van der Waals surface area contributed by atoms with Gasteiger partial charge in [-0.05, 0) is 46.4 Å². The molecule has 3 N–H and O–H groups in total. The minimum Gasteiger partial charge on any atom is -0.390 e. The highest BCUT2D eigenvalue weighted by Crippen LogP contribution is 2.35. The molecule has 0 fully saturated rings. The number of rotatable bonds is 0. The maximum atomic E-state index is 9.57. The van der Waals surface area contributed by atoms with E-state index in [2.05, 4.69) is 40.8 Å². The van der Waals surface area contributed by atoms with Gasteiger partial charge in [0, 0.05) is 14.2 Å². The van der Waals surface area contributed by atoms with Gasteiger partial charge in [0.25, 0.3) is 0 Å². The monoisotopic (exact) mass is 307 g/mol. The van der Waals surface area contributed by atoms with Crippen LogP contribution in [0.2, 0.25) is 0 Å². The van der Waals surface area contributed by atoms with Crippen LogP contribution in [0.3, 0.4) is 0 Å². The van der Waals surface area contributed by atoms with Crippen molar-refractivity contribution < 1.29 is 5.11 Å². The fourth-order valence-corrected chi connectivity index (χ4v) is 3.00. The first-order valence-electron chi connectivity index (χ1n) is 4.04. The molecule has 4 heteroatoms. The zero-order valence-corrected chi connectivity index (χ0v) is 9.88. The Labute approximate surface area is 95.0 Å². The van der Waals surface area contributed by atoms with Gasteiger partial charge in [-0.15, -0.1) is 11.8 Å². The van der Waals surface area contributed by atoms with Crippen molar-refractivity contribution in [2.45, 2.75) is 17.0 Å². The van der Waals surface area contributed by atoms with E-state index in [-0.39, 0.29) is 6.04 Å². The van der Waals surface area contributed by atoms with E-state index in [0.717, 1.165) is 5.56 Å². The molecule has 13 heavy (non-hydrogen) atoms. The van der Waals surface area contributed by atoms with E-state index in [1.165, 1.54) is 8.47 Å².